The highest BCUT2D eigenvalue weighted by Crippen LogP contribution is 2.34. The highest BCUT2D eigenvalue weighted by molar-refractivity contribution is 5.16. The van der Waals surface area contributed by atoms with E-state index in [9.17, 15) is 9.90 Å². The Balaban J connectivity index is 2.34. The number of rotatable bonds is 3. The fourth-order valence-electron chi connectivity index (χ4n) is 2.16. The summed E-state index contributed by atoms with van der Waals surface area (Å²) < 4.78 is 10.7. The molecule has 0 aromatic carbocycles. The van der Waals surface area contributed by atoms with E-state index in [1.807, 2.05) is 0 Å². The third-order valence-corrected chi connectivity index (χ3v) is 3.07. The van der Waals surface area contributed by atoms with Gasteiger partial charge in [-0.15, -0.1) is 0 Å². The number of methoxy groups -OCH3 is 1. The number of nitrogens with zero attached hydrogens (tertiary/aromatic N) is 1. The Morgan fingerprint density at radius 1 is 1.61 bits per heavy atom. The van der Waals surface area contributed by atoms with Crippen LogP contribution in [0.15, 0.2) is 11.0 Å². The van der Waals surface area contributed by atoms with E-state index in [0.29, 0.717) is 11.4 Å². The van der Waals surface area contributed by atoms with Gasteiger partial charge in [0.25, 0.3) is 5.56 Å². The number of aliphatic hydroxyl groups excluding tert-OH is 2. The molecule has 2 unspecified atom stereocenters. The molecule has 2 heterocycles. The van der Waals surface area contributed by atoms with Crippen LogP contribution in [-0.2, 0) is 9.47 Å². The van der Waals surface area contributed by atoms with Crippen molar-refractivity contribution in [2.24, 2.45) is 0 Å². The molecule has 1 aliphatic heterocycles. The minimum Gasteiger partial charge on any atom is -0.394 e. The second kappa shape index (κ2) is 5.15. The van der Waals surface area contributed by atoms with Gasteiger partial charge in [-0.2, -0.15) is 0 Å². The first-order valence-electron chi connectivity index (χ1n) is 5.61. The molecule has 0 radical (unpaired) electrons. The minimum atomic E-state index is -0.932. The SMILES string of the molecule is COC1C(O)[C@@H](CO)O[C@H]1c1ncc(=O)[nH]c1C. The molecule has 3 N–H and O–H groups in total. The maximum Gasteiger partial charge on any atom is 0.266 e. The predicted octanol–water partition coefficient (Wildman–Crippen LogP) is -1.11. The standard InChI is InChI=1S/C11H16N2O5/c1-5-8(12-3-7(15)13-5)10-11(17-2)9(16)6(4-14)18-10/h3,6,9-11,14,16H,4H2,1-2H3,(H,13,15)/t6-,9?,10+,11?/m1/s1. The molecule has 0 saturated carbocycles. The lowest BCUT2D eigenvalue weighted by Gasteiger charge is -2.19. The molecule has 1 fully saturated rings. The number of aliphatic hydroxyl groups is 2. The van der Waals surface area contributed by atoms with Crippen molar-refractivity contribution in [3.05, 3.63) is 27.9 Å². The molecule has 2 rings (SSSR count). The number of aromatic amines is 1. The monoisotopic (exact) mass is 256 g/mol. The maximum atomic E-state index is 11.1. The van der Waals surface area contributed by atoms with Crippen molar-refractivity contribution in [2.45, 2.75) is 31.3 Å². The molecule has 18 heavy (non-hydrogen) atoms. The van der Waals surface area contributed by atoms with Gasteiger partial charge in [-0.25, -0.2) is 0 Å². The predicted molar refractivity (Wildman–Crippen MR) is 61.1 cm³/mol. The van der Waals surface area contributed by atoms with E-state index in [0.717, 1.165) is 6.20 Å². The van der Waals surface area contributed by atoms with Crippen molar-refractivity contribution >= 4 is 0 Å². The first-order chi connectivity index (χ1) is 8.58. The van der Waals surface area contributed by atoms with Crippen LogP contribution in [0.25, 0.3) is 0 Å². The molecule has 4 atom stereocenters. The van der Waals surface area contributed by atoms with Gasteiger partial charge in [0, 0.05) is 12.8 Å². The molecule has 1 aliphatic rings. The molecule has 100 valence electrons. The molecule has 0 aliphatic carbocycles. The average molecular weight is 256 g/mol. The van der Waals surface area contributed by atoms with Crippen molar-refractivity contribution in [1.82, 2.24) is 9.97 Å². The van der Waals surface area contributed by atoms with E-state index < -0.39 is 24.4 Å². The number of hydrogen-bond donors (Lipinski definition) is 3. The van der Waals surface area contributed by atoms with E-state index in [1.165, 1.54) is 7.11 Å². The van der Waals surface area contributed by atoms with Crippen molar-refractivity contribution in [2.75, 3.05) is 13.7 Å². The zero-order valence-corrected chi connectivity index (χ0v) is 10.2. The fourth-order valence-corrected chi connectivity index (χ4v) is 2.16. The highest BCUT2D eigenvalue weighted by atomic mass is 16.6. The van der Waals surface area contributed by atoms with Gasteiger partial charge < -0.3 is 24.7 Å². The summed E-state index contributed by atoms with van der Waals surface area (Å²) in [6.07, 6.45) is -1.73. The molecule has 1 aromatic heterocycles. The lowest BCUT2D eigenvalue weighted by atomic mass is 10.0. The van der Waals surface area contributed by atoms with E-state index in [-0.39, 0.29) is 12.2 Å². The summed E-state index contributed by atoms with van der Waals surface area (Å²) >= 11 is 0. The molecule has 0 amide bonds. The van der Waals surface area contributed by atoms with Gasteiger partial charge in [-0.05, 0) is 6.92 Å². The van der Waals surface area contributed by atoms with Crippen molar-refractivity contribution in [3.8, 4) is 0 Å². The van der Waals surface area contributed by atoms with E-state index >= 15 is 0 Å². The summed E-state index contributed by atoms with van der Waals surface area (Å²) in [6.45, 7) is 1.39. The van der Waals surface area contributed by atoms with Crippen LogP contribution in [0.2, 0.25) is 0 Å². The maximum absolute atomic E-state index is 11.1. The van der Waals surface area contributed by atoms with Gasteiger partial charge in [-0.3, -0.25) is 9.78 Å². The number of H-pyrrole nitrogens is 1. The third-order valence-electron chi connectivity index (χ3n) is 3.07. The first-order valence-corrected chi connectivity index (χ1v) is 5.61. The number of aromatic nitrogens is 2. The molecular formula is C11H16N2O5. The zero-order chi connectivity index (χ0) is 13.3. The number of nitrogens with one attached hydrogen (secondary N) is 1. The summed E-state index contributed by atoms with van der Waals surface area (Å²) in [7, 11) is 1.45. The summed E-state index contributed by atoms with van der Waals surface area (Å²) in [5.74, 6) is 0. The molecule has 0 spiro atoms. The first kappa shape index (κ1) is 13.2. The van der Waals surface area contributed by atoms with Crippen LogP contribution in [0.3, 0.4) is 0 Å². The van der Waals surface area contributed by atoms with Crippen molar-refractivity contribution in [1.29, 1.82) is 0 Å². The lowest BCUT2D eigenvalue weighted by Crippen LogP contribution is -2.34. The van der Waals surface area contributed by atoms with Gasteiger partial charge in [-0.1, -0.05) is 0 Å². The largest absolute Gasteiger partial charge is 0.394 e. The number of ether oxygens (including phenoxy) is 2. The van der Waals surface area contributed by atoms with Gasteiger partial charge >= 0.3 is 0 Å². The van der Waals surface area contributed by atoms with Gasteiger partial charge in [0.15, 0.2) is 0 Å². The fraction of sp³-hybridized carbons (Fsp3) is 0.636. The Morgan fingerprint density at radius 3 is 2.89 bits per heavy atom. The van der Waals surface area contributed by atoms with Crippen LogP contribution in [-0.4, -0.2) is 52.2 Å². The Kier molecular flexibility index (Phi) is 3.76. The quantitative estimate of drug-likeness (QED) is 0.633. The number of aryl methyl sites for hydroxylation is 1. The Labute approximate surface area is 103 Å². The van der Waals surface area contributed by atoms with Crippen molar-refractivity contribution in [3.63, 3.8) is 0 Å². The van der Waals surface area contributed by atoms with Gasteiger partial charge in [0.05, 0.1) is 18.5 Å². The molecule has 1 aromatic rings. The lowest BCUT2D eigenvalue weighted by molar-refractivity contribution is -0.0253. The molecule has 7 heteroatoms. The van der Waals surface area contributed by atoms with Crippen LogP contribution in [0.5, 0.6) is 0 Å². The van der Waals surface area contributed by atoms with E-state index in [1.54, 1.807) is 6.92 Å². The normalized spacial score (nSPS) is 31.8. The Morgan fingerprint density at radius 2 is 2.33 bits per heavy atom. The second-order valence-electron chi connectivity index (χ2n) is 4.23. The second-order valence-corrected chi connectivity index (χ2v) is 4.23. The average Bonchev–Trinajstić information content (AvgIpc) is 2.65. The summed E-state index contributed by atoms with van der Waals surface area (Å²) in [6, 6.07) is 0. The smallest absolute Gasteiger partial charge is 0.266 e. The van der Waals surface area contributed by atoms with E-state index in [4.69, 9.17) is 14.6 Å². The van der Waals surface area contributed by atoms with Crippen LogP contribution >= 0.6 is 0 Å². The van der Waals surface area contributed by atoms with Crippen LogP contribution in [0, 0.1) is 6.92 Å². The Hall–Kier alpha value is -1.28. The Bertz CT molecular complexity index is 475. The molecule has 1 saturated heterocycles. The van der Waals surface area contributed by atoms with E-state index in [2.05, 4.69) is 9.97 Å². The van der Waals surface area contributed by atoms with Crippen LogP contribution in [0.1, 0.15) is 17.5 Å². The van der Waals surface area contributed by atoms with Crippen LogP contribution < -0.4 is 5.56 Å². The van der Waals surface area contributed by atoms with Gasteiger partial charge in [0.2, 0.25) is 0 Å². The molecule has 0 bridgehead atoms. The summed E-state index contributed by atoms with van der Waals surface area (Å²) in [5, 5.41) is 19.0. The number of hydrogen-bond acceptors (Lipinski definition) is 6. The summed E-state index contributed by atoms with van der Waals surface area (Å²) in [4.78, 5) is 17.7. The minimum absolute atomic E-state index is 0.303. The molecular weight excluding hydrogens is 240 g/mol. The third kappa shape index (κ3) is 2.17. The zero-order valence-electron chi connectivity index (χ0n) is 10.2. The topological polar surface area (TPSA) is 105 Å². The van der Waals surface area contributed by atoms with Crippen LogP contribution in [0.4, 0.5) is 0 Å². The molecule has 7 nitrogen and oxygen atoms in total. The van der Waals surface area contributed by atoms with Gasteiger partial charge in [0.1, 0.15) is 24.4 Å². The van der Waals surface area contributed by atoms with Crippen molar-refractivity contribution < 1.29 is 19.7 Å². The summed E-state index contributed by atoms with van der Waals surface area (Å²) in [5.41, 5.74) is 0.749. The highest BCUT2D eigenvalue weighted by Gasteiger charge is 2.45.